The molecule has 4 rings (SSSR count). The van der Waals surface area contributed by atoms with Gasteiger partial charge < -0.3 is 9.88 Å². The predicted molar refractivity (Wildman–Crippen MR) is 94.8 cm³/mol. The number of carbonyl (C=O) groups excluding carboxylic acids is 1. The van der Waals surface area contributed by atoms with Gasteiger partial charge in [0, 0.05) is 30.6 Å². The molecule has 0 fully saturated rings. The van der Waals surface area contributed by atoms with Crippen LogP contribution in [0.5, 0.6) is 0 Å². The topological polar surface area (TPSA) is 61.9 Å². The Kier molecular flexibility index (Phi) is 3.27. The van der Waals surface area contributed by atoms with Crippen molar-refractivity contribution in [3.63, 3.8) is 0 Å². The second kappa shape index (κ2) is 5.45. The highest BCUT2D eigenvalue weighted by Crippen LogP contribution is 2.29. The number of amides is 1. The molecular formula is C19H16N4O. The number of benzene rings is 2. The van der Waals surface area contributed by atoms with Crippen molar-refractivity contribution in [1.82, 2.24) is 19.9 Å². The van der Waals surface area contributed by atoms with Crippen LogP contribution in [0.4, 0.5) is 0 Å². The van der Waals surface area contributed by atoms with Gasteiger partial charge in [-0.15, -0.1) is 0 Å². The van der Waals surface area contributed by atoms with Crippen molar-refractivity contribution in [2.24, 2.45) is 0 Å². The number of H-pyrrole nitrogens is 1. The third-order valence-electron chi connectivity index (χ3n) is 4.00. The Hall–Kier alpha value is -3.21. The van der Waals surface area contributed by atoms with E-state index in [9.17, 15) is 4.79 Å². The van der Waals surface area contributed by atoms with Crippen molar-refractivity contribution >= 4 is 27.8 Å². The van der Waals surface area contributed by atoms with Crippen molar-refractivity contribution in [2.75, 3.05) is 14.1 Å². The van der Waals surface area contributed by atoms with Crippen molar-refractivity contribution in [1.29, 1.82) is 0 Å². The monoisotopic (exact) mass is 316 g/mol. The number of nitrogens with zero attached hydrogens (tertiary/aromatic N) is 3. The van der Waals surface area contributed by atoms with E-state index in [1.807, 2.05) is 54.6 Å². The normalized spacial score (nSPS) is 11.1. The van der Waals surface area contributed by atoms with Gasteiger partial charge in [0.2, 0.25) is 0 Å². The van der Waals surface area contributed by atoms with E-state index in [0.29, 0.717) is 17.2 Å². The average molecular weight is 316 g/mol. The van der Waals surface area contributed by atoms with E-state index >= 15 is 0 Å². The summed E-state index contributed by atoms with van der Waals surface area (Å²) >= 11 is 0. The number of fused-ring (bicyclic) bond motifs is 3. The first-order chi connectivity index (χ1) is 11.6. The van der Waals surface area contributed by atoms with Gasteiger partial charge in [-0.05, 0) is 6.07 Å². The molecule has 0 bridgehead atoms. The van der Waals surface area contributed by atoms with E-state index in [4.69, 9.17) is 0 Å². The Balaban J connectivity index is 2.09. The summed E-state index contributed by atoms with van der Waals surface area (Å²) in [6, 6.07) is 17.5. The van der Waals surface area contributed by atoms with Crippen LogP contribution < -0.4 is 0 Å². The fourth-order valence-electron chi connectivity index (χ4n) is 2.83. The number of hydrogen-bond donors (Lipinski definition) is 1. The van der Waals surface area contributed by atoms with Crippen molar-refractivity contribution in [3.8, 4) is 11.4 Å². The van der Waals surface area contributed by atoms with Crippen LogP contribution in [0.2, 0.25) is 0 Å². The maximum absolute atomic E-state index is 12.7. The summed E-state index contributed by atoms with van der Waals surface area (Å²) in [7, 11) is 3.46. The maximum atomic E-state index is 12.7. The van der Waals surface area contributed by atoms with Gasteiger partial charge in [0.15, 0.2) is 5.82 Å². The fraction of sp³-hybridized carbons (Fsp3) is 0.105. The average Bonchev–Trinajstić information content (AvgIpc) is 2.99. The van der Waals surface area contributed by atoms with Crippen LogP contribution >= 0.6 is 0 Å². The van der Waals surface area contributed by atoms with Gasteiger partial charge in [-0.3, -0.25) is 4.79 Å². The van der Waals surface area contributed by atoms with E-state index in [1.165, 1.54) is 0 Å². The quantitative estimate of drug-likeness (QED) is 0.616. The number of aromatic nitrogens is 3. The lowest BCUT2D eigenvalue weighted by molar-refractivity contribution is 0.0824. The molecule has 0 atom stereocenters. The van der Waals surface area contributed by atoms with Gasteiger partial charge >= 0.3 is 0 Å². The molecule has 5 heteroatoms. The van der Waals surface area contributed by atoms with Crippen LogP contribution in [0.1, 0.15) is 10.5 Å². The minimum Gasteiger partial charge on any atom is -0.343 e. The summed E-state index contributed by atoms with van der Waals surface area (Å²) in [6.07, 6.45) is 0. The highest BCUT2D eigenvalue weighted by Gasteiger charge is 2.20. The van der Waals surface area contributed by atoms with E-state index < -0.39 is 0 Å². The van der Waals surface area contributed by atoms with Gasteiger partial charge in [-0.1, -0.05) is 48.5 Å². The van der Waals surface area contributed by atoms with Crippen LogP contribution in [0.3, 0.4) is 0 Å². The molecule has 1 N–H and O–H groups in total. The standard InChI is InChI=1S/C19H16N4O/c1-23(2)19(24)16-15-13-10-6-7-11-14(13)20-18(15)22-17(21-16)12-8-4-3-5-9-12/h3-11H,1-2H3,(H,20,21,22). The summed E-state index contributed by atoms with van der Waals surface area (Å²) in [4.78, 5) is 26.8. The molecule has 24 heavy (non-hydrogen) atoms. The molecule has 1 amide bonds. The third-order valence-corrected chi connectivity index (χ3v) is 4.00. The Morgan fingerprint density at radius 2 is 1.67 bits per heavy atom. The molecule has 118 valence electrons. The number of hydrogen-bond acceptors (Lipinski definition) is 3. The van der Waals surface area contributed by atoms with Gasteiger partial charge in [-0.25, -0.2) is 9.97 Å². The minimum absolute atomic E-state index is 0.135. The number of carbonyl (C=O) groups is 1. The molecular weight excluding hydrogens is 300 g/mol. The molecule has 0 aliphatic carbocycles. The first-order valence-electron chi connectivity index (χ1n) is 7.70. The first kappa shape index (κ1) is 14.4. The van der Waals surface area contributed by atoms with Crippen molar-refractivity contribution < 1.29 is 4.79 Å². The van der Waals surface area contributed by atoms with Crippen LogP contribution in [-0.4, -0.2) is 39.9 Å². The molecule has 2 heterocycles. The van der Waals surface area contributed by atoms with Gasteiger partial charge in [0.05, 0.1) is 5.39 Å². The Morgan fingerprint density at radius 1 is 0.958 bits per heavy atom. The summed E-state index contributed by atoms with van der Waals surface area (Å²) in [6.45, 7) is 0. The summed E-state index contributed by atoms with van der Waals surface area (Å²) in [5, 5.41) is 1.72. The SMILES string of the molecule is CN(C)C(=O)c1nc(-c2ccccc2)nc2[nH]c3ccccc3c12. The molecule has 5 nitrogen and oxygen atoms in total. The number of para-hydroxylation sites is 1. The van der Waals surface area contributed by atoms with E-state index in [1.54, 1.807) is 19.0 Å². The number of aromatic amines is 1. The van der Waals surface area contributed by atoms with Gasteiger partial charge in [-0.2, -0.15) is 0 Å². The summed E-state index contributed by atoms with van der Waals surface area (Å²) in [5.41, 5.74) is 2.92. The Morgan fingerprint density at radius 3 is 2.42 bits per heavy atom. The Bertz CT molecular complexity index is 1050. The number of nitrogens with one attached hydrogen (secondary N) is 1. The molecule has 0 unspecified atom stereocenters. The third kappa shape index (κ3) is 2.22. The fourth-order valence-corrected chi connectivity index (χ4v) is 2.83. The highest BCUT2D eigenvalue weighted by atomic mass is 16.2. The molecule has 0 radical (unpaired) electrons. The highest BCUT2D eigenvalue weighted by molar-refractivity contribution is 6.15. The van der Waals surface area contributed by atoms with E-state index in [0.717, 1.165) is 21.9 Å². The zero-order valence-electron chi connectivity index (χ0n) is 13.4. The predicted octanol–water partition coefficient (Wildman–Crippen LogP) is 3.48. The largest absolute Gasteiger partial charge is 0.343 e. The smallest absolute Gasteiger partial charge is 0.272 e. The van der Waals surface area contributed by atoms with Gasteiger partial charge in [0.1, 0.15) is 11.3 Å². The van der Waals surface area contributed by atoms with E-state index in [2.05, 4.69) is 15.0 Å². The molecule has 0 aliphatic rings. The summed E-state index contributed by atoms with van der Waals surface area (Å²) < 4.78 is 0. The first-order valence-corrected chi connectivity index (χ1v) is 7.70. The van der Waals surface area contributed by atoms with E-state index in [-0.39, 0.29) is 5.91 Å². The van der Waals surface area contributed by atoms with Crippen molar-refractivity contribution in [3.05, 3.63) is 60.3 Å². The second-order valence-electron chi connectivity index (χ2n) is 5.86. The molecule has 0 saturated heterocycles. The molecule has 0 aliphatic heterocycles. The van der Waals surface area contributed by atoms with Crippen LogP contribution in [0.15, 0.2) is 54.6 Å². The lowest BCUT2D eigenvalue weighted by Gasteiger charge is -2.11. The lowest BCUT2D eigenvalue weighted by atomic mass is 10.1. The van der Waals surface area contributed by atoms with Crippen LogP contribution in [0, 0.1) is 0 Å². The second-order valence-corrected chi connectivity index (χ2v) is 5.86. The lowest BCUT2D eigenvalue weighted by Crippen LogP contribution is -2.23. The van der Waals surface area contributed by atoms with Crippen molar-refractivity contribution in [2.45, 2.75) is 0 Å². The maximum Gasteiger partial charge on any atom is 0.272 e. The molecule has 2 aromatic heterocycles. The zero-order valence-corrected chi connectivity index (χ0v) is 13.4. The van der Waals surface area contributed by atoms with Crippen LogP contribution in [0.25, 0.3) is 33.3 Å². The molecule has 2 aromatic carbocycles. The minimum atomic E-state index is -0.135. The number of rotatable bonds is 2. The summed E-state index contributed by atoms with van der Waals surface area (Å²) in [5.74, 6) is 0.407. The zero-order chi connectivity index (χ0) is 16.7. The Labute approximate surface area is 139 Å². The van der Waals surface area contributed by atoms with Gasteiger partial charge in [0.25, 0.3) is 5.91 Å². The molecule has 4 aromatic rings. The van der Waals surface area contributed by atoms with Crippen LogP contribution in [-0.2, 0) is 0 Å². The molecule has 0 spiro atoms. The molecule has 0 saturated carbocycles.